The van der Waals surface area contributed by atoms with Crippen LogP contribution in [-0.2, 0) is 4.79 Å². The molecule has 1 saturated heterocycles. The Labute approximate surface area is 256 Å². The SMILES string of the molecule is CC(C)(CO)CC1NCC(c2cccc(Cl)c2F)C1C#N.CC(C)(O)CN/C=C\C(N)=NC=O.Fc1cccc(Cl)c1. The Morgan fingerprint density at radius 3 is 2.43 bits per heavy atom. The van der Waals surface area contributed by atoms with Crippen molar-refractivity contribution in [1.29, 1.82) is 5.26 Å². The van der Waals surface area contributed by atoms with Crippen molar-refractivity contribution in [3.05, 3.63) is 82.0 Å². The van der Waals surface area contributed by atoms with Crippen LogP contribution in [0.1, 0.15) is 45.6 Å². The van der Waals surface area contributed by atoms with Crippen molar-refractivity contribution >= 4 is 35.4 Å². The molecular formula is C30H39Cl2F2N5O3. The molecule has 0 aromatic heterocycles. The van der Waals surface area contributed by atoms with E-state index in [1.54, 1.807) is 38.1 Å². The van der Waals surface area contributed by atoms with Gasteiger partial charge < -0.3 is 26.6 Å². The molecule has 2 aromatic rings. The number of aliphatic imine (C=N–C) groups is 1. The Balaban J connectivity index is 0.000000356. The number of carbonyl (C=O) groups is 1. The van der Waals surface area contributed by atoms with Crippen LogP contribution < -0.4 is 16.4 Å². The Kier molecular flexibility index (Phi) is 15.6. The number of nitrogens with two attached hydrogens (primary N) is 1. The van der Waals surface area contributed by atoms with Gasteiger partial charge in [0.1, 0.15) is 17.5 Å². The summed E-state index contributed by atoms with van der Waals surface area (Å²) in [7, 11) is 0. The number of hydrogen-bond acceptors (Lipinski definition) is 6. The zero-order valence-corrected chi connectivity index (χ0v) is 25.6. The van der Waals surface area contributed by atoms with E-state index in [9.17, 15) is 29.1 Å². The first kappa shape index (κ1) is 37.0. The third kappa shape index (κ3) is 13.7. The molecule has 0 bridgehead atoms. The van der Waals surface area contributed by atoms with Crippen LogP contribution in [0.15, 0.2) is 59.7 Å². The lowest BCUT2D eigenvalue weighted by molar-refractivity contribution is -0.106. The number of carbonyl (C=O) groups excluding carboxylic acids is 1. The summed E-state index contributed by atoms with van der Waals surface area (Å²) >= 11 is 11.2. The van der Waals surface area contributed by atoms with Gasteiger partial charge in [-0.2, -0.15) is 10.3 Å². The summed E-state index contributed by atoms with van der Waals surface area (Å²) in [6, 6.07) is 13.0. The van der Waals surface area contributed by atoms with Gasteiger partial charge in [0.25, 0.3) is 0 Å². The zero-order chi connectivity index (χ0) is 31.9. The molecule has 0 spiro atoms. The smallest absolute Gasteiger partial charge is 0.234 e. The Morgan fingerprint density at radius 2 is 1.90 bits per heavy atom. The number of nitriles is 1. The maximum atomic E-state index is 14.2. The van der Waals surface area contributed by atoms with Crippen molar-refractivity contribution in [2.45, 2.75) is 51.7 Å². The minimum atomic E-state index is -0.777. The van der Waals surface area contributed by atoms with Gasteiger partial charge in [-0.15, -0.1) is 0 Å². The standard InChI is InChI=1S/C16H20ClFN2O.C8H15N3O2.C6H4ClF/c1-16(2,9-21)6-14-11(7-19)12(8-20-14)10-4-3-5-13(17)15(10)18;1-8(2,13)5-10-4-3-7(9)11-6-12;7-5-2-1-3-6(8)4-5/h3-5,11-12,14,20-21H,6,8-9H2,1-2H3;3-4,6,10,13H,5H2,1-2H3,(H2,9,11,12);1-4H/b;4-3-;. The van der Waals surface area contributed by atoms with Gasteiger partial charge in [-0.05, 0) is 61.6 Å². The Bertz CT molecular complexity index is 1230. The van der Waals surface area contributed by atoms with Crippen molar-refractivity contribution in [2.24, 2.45) is 22.1 Å². The van der Waals surface area contributed by atoms with Crippen molar-refractivity contribution in [3.8, 4) is 6.07 Å². The van der Waals surface area contributed by atoms with Crippen LogP contribution in [0.2, 0.25) is 10.0 Å². The molecule has 42 heavy (non-hydrogen) atoms. The molecule has 1 amide bonds. The number of amides is 1. The highest BCUT2D eigenvalue weighted by Gasteiger charge is 2.40. The predicted octanol–water partition coefficient (Wildman–Crippen LogP) is 4.94. The van der Waals surface area contributed by atoms with E-state index in [0.29, 0.717) is 36.5 Å². The van der Waals surface area contributed by atoms with Crippen LogP contribution in [0.3, 0.4) is 0 Å². The van der Waals surface area contributed by atoms with Crippen LogP contribution in [-0.4, -0.2) is 53.8 Å². The zero-order valence-electron chi connectivity index (χ0n) is 24.1. The monoisotopic (exact) mass is 625 g/mol. The van der Waals surface area contributed by atoms with Crippen LogP contribution in [0.5, 0.6) is 0 Å². The lowest BCUT2D eigenvalue weighted by Gasteiger charge is -2.27. The third-order valence-corrected chi connectivity index (χ3v) is 6.62. The molecule has 0 saturated carbocycles. The molecule has 12 heteroatoms. The summed E-state index contributed by atoms with van der Waals surface area (Å²) in [6.45, 7) is 8.26. The molecule has 2 aromatic carbocycles. The lowest BCUT2D eigenvalue weighted by Crippen LogP contribution is -2.34. The van der Waals surface area contributed by atoms with Crippen molar-refractivity contribution in [2.75, 3.05) is 19.7 Å². The molecular weight excluding hydrogens is 587 g/mol. The second-order valence-corrected chi connectivity index (χ2v) is 11.9. The molecule has 1 aliphatic heterocycles. The topological polar surface area (TPSA) is 144 Å². The van der Waals surface area contributed by atoms with Crippen LogP contribution in [0.4, 0.5) is 8.78 Å². The fourth-order valence-corrected chi connectivity index (χ4v) is 4.34. The lowest BCUT2D eigenvalue weighted by atomic mass is 9.79. The molecule has 1 aliphatic rings. The number of halogens is 4. The van der Waals surface area contributed by atoms with Gasteiger partial charge in [0, 0.05) is 42.9 Å². The third-order valence-electron chi connectivity index (χ3n) is 6.09. The summed E-state index contributed by atoms with van der Waals surface area (Å²) in [6.07, 6.45) is 4.01. The van der Waals surface area contributed by atoms with Crippen molar-refractivity contribution < 1.29 is 23.8 Å². The number of benzene rings is 2. The van der Waals surface area contributed by atoms with Crippen LogP contribution in [0, 0.1) is 34.3 Å². The van der Waals surface area contributed by atoms with E-state index in [0.717, 1.165) is 0 Å². The minimum Gasteiger partial charge on any atom is -0.396 e. The average Bonchev–Trinajstić information content (AvgIpc) is 3.30. The predicted molar refractivity (Wildman–Crippen MR) is 163 cm³/mol. The summed E-state index contributed by atoms with van der Waals surface area (Å²) in [5, 5.41) is 34.8. The van der Waals surface area contributed by atoms with Crippen LogP contribution >= 0.6 is 23.2 Å². The molecule has 3 atom stereocenters. The van der Waals surface area contributed by atoms with Gasteiger partial charge in [-0.3, -0.25) is 4.79 Å². The fourth-order valence-electron chi connectivity index (χ4n) is 3.98. The highest BCUT2D eigenvalue weighted by Crippen LogP contribution is 2.38. The van der Waals surface area contributed by atoms with Crippen molar-refractivity contribution in [1.82, 2.24) is 10.6 Å². The summed E-state index contributed by atoms with van der Waals surface area (Å²) in [5.41, 5.74) is 4.71. The number of hydrogen-bond donors (Lipinski definition) is 5. The summed E-state index contributed by atoms with van der Waals surface area (Å²) in [5.74, 6) is -1.15. The molecule has 6 N–H and O–H groups in total. The normalized spacial score (nSPS) is 18.8. The number of nitrogens with zero attached hydrogens (tertiary/aromatic N) is 2. The first-order chi connectivity index (χ1) is 19.6. The Hall–Kier alpha value is -3.07. The molecule has 0 aliphatic carbocycles. The average molecular weight is 627 g/mol. The minimum absolute atomic E-state index is 0.0551. The van der Waals surface area contributed by atoms with Crippen LogP contribution in [0.25, 0.3) is 0 Å². The van der Waals surface area contributed by atoms with E-state index in [-0.39, 0.29) is 46.6 Å². The van der Waals surface area contributed by atoms with Gasteiger partial charge in [0.05, 0.1) is 22.6 Å². The fraction of sp³-hybridized carbons (Fsp3) is 0.433. The van der Waals surface area contributed by atoms with Gasteiger partial charge in [-0.25, -0.2) is 8.78 Å². The molecule has 1 heterocycles. The molecule has 3 unspecified atom stereocenters. The van der Waals surface area contributed by atoms with E-state index in [1.165, 1.54) is 30.5 Å². The maximum Gasteiger partial charge on any atom is 0.234 e. The van der Waals surface area contributed by atoms with E-state index < -0.39 is 11.4 Å². The molecule has 3 rings (SSSR count). The molecule has 1 fully saturated rings. The summed E-state index contributed by atoms with van der Waals surface area (Å²) in [4.78, 5) is 13.1. The quantitative estimate of drug-likeness (QED) is 0.151. The van der Waals surface area contributed by atoms with E-state index >= 15 is 0 Å². The van der Waals surface area contributed by atoms with E-state index in [2.05, 4.69) is 21.7 Å². The summed E-state index contributed by atoms with van der Waals surface area (Å²) < 4.78 is 26.3. The first-order valence-electron chi connectivity index (χ1n) is 13.1. The van der Waals surface area contributed by atoms with Gasteiger partial charge >= 0.3 is 0 Å². The highest BCUT2D eigenvalue weighted by atomic mass is 35.5. The number of rotatable bonds is 9. The van der Waals surface area contributed by atoms with Gasteiger partial charge in [0.2, 0.25) is 6.41 Å². The molecule has 8 nitrogen and oxygen atoms in total. The largest absolute Gasteiger partial charge is 0.396 e. The van der Waals surface area contributed by atoms with Gasteiger partial charge in [0.15, 0.2) is 0 Å². The second-order valence-electron chi connectivity index (χ2n) is 11.1. The number of amidine groups is 1. The van der Waals surface area contributed by atoms with E-state index in [1.807, 2.05) is 13.8 Å². The van der Waals surface area contributed by atoms with E-state index in [4.69, 9.17) is 28.9 Å². The van der Waals surface area contributed by atoms with Gasteiger partial charge in [-0.1, -0.05) is 55.2 Å². The maximum absolute atomic E-state index is 14.2. The number of aliphatic hydroxyl groups is 2. The molecule has 0 radical (unpaired) electrons. The van der Waals surface area contributed by atoms with Crippen molar-refractivity contribution in [3.63, 3.8) is 0 Å². The number of nitrogens with one attached hydrogen (secondary N) is 2. The molecule has 230 valence electrons. The Morgan fingerprint density at radius 1 is 1.24 bits per heavy atom. The highest BCUT2D eigenvalue weighted by molar-refractivity contribution is 6.31. The first-order valence-corrected chi connectivity index (χ1v) is 13.9. The second kappa shape index (κ2) is 17.8. The number of aliphatic hydroxyl groups excluding tert-OH is 1.